The van der Waals surface area contributed by atoms with Gasteiger partial charge < -0.3 is 25.2 Å². The van der Waals surface area contributed by atoms with Gasteiger partial charge in [0, 0.05) is 20.3 Å². The Morgan fingerprint density at radius 3 is 2.74 bits per heavy atom. The Balaban J connectivity index is 2.70. The molecule has 0 aliphatic carbocycles. The number of methoxy groups -OCH3 is 1. The summed E-state index contributed by atoms with van der Waals surface area (Å²) in [7, 11) is 1.54. The van der Waals surface area contributed by atoms with E-state index in [0.29, 0.717) is 19.6 Å². The van der Waals surface area contributed by atoms with E-state index in [-0.39, 0.29) is 19.1 Å². The van der Waals surface area contributed by atoms with Gasteiger partial charge in [-0.25, -0.2) is 0 Å². The SMILES string of the molecule is CCN(C(=O)C(N)CCOC)C1COCC1C(=O)O. The molecule has 19 heavy (non-hydrogen) atoms. The lowest BCUT2D eigenvalue weighted by molar-refractivity contribution is -0.145. The van der Waals surface area contributed by atoms with Crippen LogP contribution in [-0.2, 0) is 19.1 Å². The van der Waals surface area contributed by atoms with Crippen LogP contribution in [0.1, 0.15) is 13.3 Å². The average Bonchev–Trinajstić information content (AvgIpc) is 2.86. The Morgan fingerprint density at radius 1 is 1.53 bits per heavy atom. The molecular weight excluding hydrogens is 252 g/mol. The maximum atomic E-state index is 12.2. The van der Waals surface area contributed by atoms with Crippen molar-refractivity contribution in [3.63, 3.8) is 0 Å². The van der Waals surface area contributed by atoms with Crippen molar-refractivity contribution < 1.29 is 24.2 Å². The number of hydrogen-bond acceptors (Lipinski definition) is 5. The molecule has 1 rings (SSSR count). The van der Waals surface area contributed by atoms with Gasteiger partial charge in [-0.15, -0.1) is 0 Å². The standard InChI is InChI=1S/C12H22N2O5/c1-3-14(11(15)9(13)4-5-18-2)10-7-19-6-8(10)12(16)17/h8-10H,3-7,13H2,1-2H3,(H,16,17). The van der Waals surface area contributed by atoms with Crippen LogP contribution in [0.25, 0.3) is 0 Å². The number of aliphatic carboxylic acids is 1. The first-order chi connectivity index (χ1) is 9.02. The second-order valence-corrected chi connectivity index (χ2v) is 4.56. The molecule has 0 aromatic rings. The average molecular weight is 274 g/mol. The van der Waals surface area contributed by atoms with E-state index in [1.807, 2.05) is 0 Å². The number of carbonyl (C=O) groups excluding carboxylic acids is 1. The highest BCUT2D eigenvalue weighted by Crippen LogP contribution is 2.20. The number of carboxylic acids is 1. The van der Waals surface area contributed by atoms with E-state index in [9.17, 15) is 9.59 Å². The molecule has 1 fully saturated rings. The number of rotatable bonds is 7. The molecule has 0 spiro atoms. The third-order valence-corrected chi connectivity index (χ3v) is 3.34. The molecule has 1 aliphatic heterocycles. The second kappa shape index (κ2) is 7.42. The molecule has 1 heterocycles. The van der Waals surface area contributed by atoms with Gasteiger partial charge in [-0.05, 0) is 13.3 Å². The number of amides is 1. The zero-order valence-electron chi connectivity index (χ0n) is 11.4. The molecule has 1 aliphatic rings. The Morgan fingerprint density at radius 2 is 2.21 bits per heavy atom. The molecular formula is C12H22N2O5. The van der Waals surface area contributed by atoms with Gasteiger partial charge in [0.05, 0.1) is 25.3 Å². The van der Waals surface area contributed by atoms with Crippen molar-refractivity contribution in [3.05, 3.63) is 0 Å². The number of carbonyl (C=O) groups is 2. The normalized spacial score (nSPS) is 24.2. The molecule has 3 N–H and O–H groups in total. The maximum absolute atomic E-state index is 12.2. The minimum Gasteiger partial charge on any atom is -0.481 e. The van der Waals surface area contributed by atoms with Gasteiger partial charge in [-0.3, -0.25) is 9.59 Å². The van der Waals surface area contributed by atoms with Crippen LogP contribution in [0.5, 0.6) is 0 Å². The molecule has 7 nitrogen and oxygen atoms in total. The first kappa shape index (κ1) is 15.9. The fourth-order valence-corrected chi connectivity index (χ4v) is 2.22. The summed E-state index contributed by atoms with van der Waals surface area (Å²) in [6.45, 7) is 2.99. The maximum Gasteiger partial charge on any atom is 0.311 e. The van der Waals surface area contributed by atoms with E-state index in [1.165, 1.54) is 4.90 Å². The molecule has 0 radical (unpaired) electrons. The Hall–Kier alpha value is -1.18. The van der Waals surface area contributed by atoms with Gasteiger partial charge in [0.2, 0.25) is 5.91 Å². The van der Waals surface area contributed by atoms with Crippen molar-refractivity contribution in [2.75, 3.05) is 33.5 Å². The molecule has 3 unspecified atom stereocenters. The largest absolute Gasteiger partial charge is 0.481 e. The van der Waals surface area contributed by atoms with Gasteiger partial charge in [-0.2, -0.15) is 0 Å². The number of ether oxygens (including phenoxy) is 2. The van der Waals surface area contributed by atoms with Crippen LogP contribution in [0.3, 0.4) is 0 Å². The van der Waals surface area contributed by atoms with E-state index >= 15 is 0 Å². The first-order valence-corrected chi connectivity index (χ1v) is 6.38. The summed E-state index contributed by atoms with van der Waals surface area (Å²) >= 11 is 0. The number of likely N-dealkylation sites (N-methyl/N-ethyl adjacent to an activating group) is 1. The Kier molecular flexibility index (Phi) is 6.20. The quantitative estimate of drug-likeness (QED) is 0.636. The van der Waals surface area contributed by atoms with Crippen molar-refractivity contribution >= 4 is 11.9 Å². The summed E-state index contributed by atoms with van der Waals surface area (Å²) in [4.78, 5) is 24.9. The minimum absolute atomic E-state index is 0.136. The van der Waals surface area contributed by atoms with Crippen LogP contribution < -0.4 is 5.73 Å². The fraction of sp³-hybridized carbons (Fsp3) is 0.833. The number of hydrogen-bond donors (Lipinski definition) is 2. The predicted octanol–water partition coefficient (Wildman–Crippen LogP) is -0.702. The van der Waals surface area contributed by atoms with Gasteiger partial charge in [0.1, 0.15) is 5.92 Å². The number of nitrogens with two attached hydrogens (primary N) is 1. The third-order valence-electron chi connectivity index (χ3n) is 3.34. The summed E-state index contributed by atoms with van der Waals surface area (Å²) in [6.07, 6.45) is 0.414. The van der Waals surface area contributed by atoms with Crippen LogP contribution in [-0.4, -0.2) is 67.4 Å². The number of carboxylic acid groups (broad SMARTS) is 1. The van der Waals surface area contributed by atoms with E-state index in [0.717, 1.165) is 0 Å². The summed E-state index contributed by atoms with van der Waals surface area (Å²) in [5, 5.41) is 9.12. The Labute approximate surface area is 112 Å². The predicted molar refractivity (Wildman–Crippen MR) is 67.6 cm³/mol. The Bertz CT molecular complexity index is 323. The first-order valence-electron chi connectivity index (χ1n) is 6.38. The van der Waals surface area contributed by atoms with Crippen molar-refractivity contribution in [1.29, 1.82) is 0 Å². The van der Waals surface area contributed by atoms with Crippen LogP contribution in [0.2, 0.25) is 0 Å². The summed E-state index contributed by atoms with van der Waals surface area (Å²) in [6, 6.07) is -1.11. The van der Waals surface area contributed by atoms with Gasteiger partial charge in [0.15, 0.2) is 0 Å². The fourth-order valence-electron chi connectivity index (χ4n) is 2.22. The van der Waals surface area contributed by atoms with Crippen LogP contribution >= 0.6 is 0 Å². The van der Waals surface area contributed by atoms with E-state index < -0.39 is 24.0 Å². The zero-order valence-corrected chi connectivity index (χ0v) is 11.4. The molecule has 1 saturated heterocycles. The lowest BCUT2D eigenvalue weighted by Crippen LogP contribution is -2.52. The minimum atomic E-state index is -0.945. The van der Waals surface area contributed by atoms with Crippen molar-refractivity contribution in [2.45, 2.75) is 25.4 Å². The molecule has 0 aromatic heterocycles. The highest BCUT2D eigenvalue weighted by Gasteiger charge is 2.40. The monoisotopic (exact) mass is 274 g/mol. The molecule has 1 amide bonds. The molecule has 7 heteroatoms. The van der Waals surface area contributed by atoms with Crippen molar-refractivity contribution in [1.82, 2.24) is 4.90 Å². The second-order valence-electron chi connectivity index (χ2n) is 4.56. The lowest BCUT2D eigenvalue weighted by Gasteiger charge is -2.31. The van der Waals surface area contributed by atoms with E-state index in [1.54, 1.807) is 14.0 Å². The molecule has 3 atom stereocenters. The van der Waals surface area contributed by atoms with E-state index in [4.69, 9.17) is 20.3 Å². The molecule has 0 aromatic carbocycles. The summed E-state index contributed by atoms with van der Waals surface area (Å²) in [5.74, 6) is -1.88. The summed E-state index contributed by atoms with van der Waals surface area (Å²) in [5.41, 5.74) is 5.81. The van der Waals surface area contributed by atoms with Crippen LogP contribution in [0, 0.1) is 5.92 Å². The van der Waals surface area contributed by atoms with Crippen LogP contribution in [0.4, 0.5) is 0 Å². The topological polar surface area (TPSA) is 102 Å². The highest BCUT2D eigenvalue weighted by molar-refractivity contribution is 5.83. The van der Waals surface area contributed by atoms with Crippen LogP contribution in [0.15, 0.2) is 0 Å². The van der Waals surface area contributed by atoms with Gasteiger partial charge in [-0.1, -0.05) is 0 Å². The highest BCUT2D eigenvalue weighted by atomic mass is 16.5. The number of nitrogens with zero attached hydrogens (tertiary/aromatic N) is 1. The lowest BCUT2D eigenvalue weighted by atomic mass is 10.0. The van der Waals surface area contributed by atoms with Crippen molar-refractivity contribution in [2.24, 2.45) is 11.7 Å². The third kappa shape index (κ3) is 3.89. The summed E-state index contributed by atoms with van der Waals surface area (Å²) < 4.78 is 10.1. The smallest absolute Gasteiger partial charge is 0.311 e. The molecule has 110 valence electrons. The zero-order chi connectivity index (χ0) is 14.4. The molecule has 0 saturated carbocycles. The van der Waals surface area contributed by atoms with Gasteiger partial charge in [0.25, 0.3) is 0 Å². The van der Waals surface area contributed by atoms with Gasteiger partial charge >= 0.3 is 5.97 Å². The van der Waals surface area contributed by atoms with Crippen molar-refractivity contribution in [3.8, 4) is 0 Å². The molecule has 0 bridgehead atoms. The van der Waals surface area contributed by atoms with E-state index in [2.05, 4.69) is 0 Å².